The average molecular weight is 250 g/mol. The van der Waals surface area contributed by atoms with Crippen LogP contribution in [0.1, 0.15) is 33.1 Å². The molecule has 0 N–H and O–H groups in total. The number of carbonyl (C=O) groups is 1. The molecule has 0 fully saturated rings. The van der Waals surface area contributed by atoms with Crippen LogP contribution in [-0.2, 0) is 4.79 Å². The Hall–Kier alpha value is -0.0500. The molecule has 0 aliphatic heterocycles. The second kappa shape index (κ2) is 7.36. The summed E-state index contributed by atoms with van der Waals surface area (Å²) >= 11 is 3.35. The standard InChI is InChI=1S/C10H20BrNO/c1-4-9(2)8-10(13)12(3)7-5-6-11/h9H,4-8H2,1-3H3. The number of hydrogen-bond donors (Lipinski definition) is 0. The summed E-state index contributed by atoms with van der Waals surface area (Å²) in [5, 5.41) is 0.966. The highest BCUT2D eigenvalue weighted by molar-refractivity contribution is 9.09. The molecule has 1 unspecified atom stereocenters. The Morgan fingerprint density at radius 2 is 2.15 bits per heavy atom. The summed E-state index contributed by atoms with van der Waals surface area (Å²) in [6, 6.07) is 0. The van der Waals surface area contributed by atoms with Crippen LogP contribution in [0.5, 0.6) is 0 Å². The van der Waals surface area contributed by atoms with E-state index in [9.17, 15) is 4.79 Å². The Morgan fingerprint density at radius 3 is 2.62 bits per heavy atom. The predicted octanol–water partition coefficient (Wildman–Crippen LogP) is 2.67. The van der Waals surface area contributed by atoms with E-state index in [0.717, 1.165) is 24.7 Å². The van der Waals surface area contributed by atoms with Crippen LogP contribution < -0.4 is 0 Å². The van der Waals surface area contributed by atoms with Gasteiger partial charge in [-0.1, -0.05) is 36.2 Å². The summed E-state index contributed by atoms with van der Waals surface area (Å²) in [6.45, 7) is 5.10. The summed E-state index contributed by atoms with van der Waals surface area (Å²) < 4.78 is 0. The fraction of sp³-hybridized carbons (Fsp3) is 0.900. The van der Waals surface area contributed by atoms with Crippen molar-refractivity contribution in [2.75, 3.05) is 18.9 Å². The van der Waals surface area contributed by atoms with Crippen molar-refractivity contribution in [3.63, 3.8) is 0 Å². The van der Waals surface area contributed by atoms with Crippen LogP contribution in [-0.4, -0.2) is 29.7 Å². The van der Waals surface area contributed by atoms with Gasteiger partial charge in [-0.05, 0) is 12.3 Å². The van der Waals surface area contributed by atoms with Gasteiger partial charge in [-0.25, -0.2) is 0 Å². The highest BCUT2D eigenvalue weighted by atomic mass is 79.9. The van der Waals surface area contributed by atoms with Gasteiger partial charge in [0.15, 0.2) is 0 Å². The summed E-state index contributed by atoms with van der Waals surface area (Å²) in [7, 11) is 1.88. The molecule has 0 aromatic rings. The second-order valence-corrected chi connectivity index (χ2v) is 4.37. The molecule has 3 heteroatoms. The Bertz CT molecular complexity index is 150. The summed E-state index contributed by atoms with van der Waals surface area (Å²) in [5.74, 6) is 0.786. The van der Waals surface area contributed by atoms with Crippen LogP contribution in [0.15, 0.2) is 0 Å². The minimum atomic E-state index is 0.273. The highest BCUT2D eigenvalue weighted by Crippen LogP contribution is 2.08. The first-order valence-corrected chi connectivity index (χ1v) is 6.03. The van der Waals surface area contributed by atoms with Gasteiger partial charge in [-0.2, -0.15) is 0 Å². The van der Waals surface area contributed by atoms with E-state index in [0.29, 0.717) is 12.3 Å². The minimum Gasteiger partial charge on any atom is -0.346 e. The fourth-order valence-electron chi connectivity index (χ4n) is 1.02. The molecule has 0 rings (SSSR count). The lowest BCUT2D eigenvalue weighted by molar-refractivity contribution is -0.130. The van der Waals surface area contributed by atoms with Crippen molar-refractivity contribution in [3.8, 4) is 0 Å². The van der Waals surface area contributed by atoms with Crippen LogP contribution in [0.2, 0.25) is 0 Å². The third kappa shape index (κ3) is 6.08. The van der Waals surface area contributed by atoms with Gasteiger partial charge in [-0.3, -0.25) is 4.79 Å². The number of amides is 1. The van der Waals surface area contributed by atoms with Gasteiger partial charge in [0.25, 0.3) is 0 Å². The SMILES string of the molecule is CCC(C)CC(=O)N(C)CCCBr. The monoisotopic (exact) mass is 249 g/mol. The zero-order chi connectivity index (χ0) is 10.3. The van der Waals surface area contributed by atoms with Crippen LogP contribution in [0.4, 0.5) is 0 Å². The Kier molecular flexibility index (Phi) is 7.33. The van der Waals surface area contributed by atoms with Gasteiger partial charge in [0, 0.05) is 25.3 Å². The molecule has 0 aliphatic rings. The van der Waals surface area contributed by atoms with Gasteiger partial charge in [0.05, 0.1) is 0 Å². The molecule has 0 heterocycles. The molecule has 0 saturated heterocycles. The van der Waals surface area contributed by atoms with E-state index in [1.165, 1.54) is 0 Å². The summed E-state index contributed by atoms with van der Waals surface area (Å²) in [6.07, 6.45) is 2.80. The highest BCUT2D eigenvalue weighted by Gasteiger charge is 2.11. The second-order valence-electron chi connectivity index (χ2n) is 3.58. The predicted molar refractivity (Wildman–Crippen MR) is 60.1 cm³/mol. The number of rotatable bonds is 6. The van der Waals surface area contributed by atoms with Crippen molar-refractivity contribution in [2.24, 2.45) is 5.92 Å². The first-order chi connectivity index (χ1) is 6.11. The van der Waals surface area contributed by atoms with E-state index in [4.69, 9.17) is 0 Å². The van der Waals surface area contributed by atoms with Gasteiger partial charge in [0.2, 0.25) is 5.91 Å². The smallest absolute Gasteiger partial charge is 0.222 e. The topological polar surface area (TPSA) is 20.3 Å². The molecular weight excluding hydrogens is 230 g/mol. The normalized spacial score (nSPS) is 12.6. The molecular formula is C10H20BrNO. The van der Waals surface area contributed by atoms with Gasteiger partial charge in [-0.15, -0.1) is 0 Å². The molecule has 0 aromatic carbocycles. The molecule has 0 saturated carbocycles. The van der Waals surface area contributed by atoms with Crippen LogP contribution in [0, 0.1) is 5.92 Å². The van der Waals surface area contributed by atoms with Crippen LogP contribution in [0.25, 0.3) is 0 Å². The molecule has 0 radical (unpaired) electrons. The Balaban J connectivity index is 3.68. The van der Waals surface area contributed by atoms with Crippen molar-refractivity contribution in [3.05, 3.63) is 0 Å². The molecule has 1 atom stereocenters. The van der Waals surface area contributed by atoms with Crippen molar-refractivity contribution in [1.29, 1.82) is 0 Å². The van der Waals surface area contributed by atoms with Crippen molar-refractivity contribution < 1.29 is 4.79 Å². The Labute approximate surface area is 89.8 Å². The summed E-state index contributed by atoms with van der Waals surface area (Å²) in [5.41, 5.74) is 0. The van der Waals surface area contributed by atoms with E-state index in [1.807, 2.05) is 11.9 Å². The number of hydrogen-bond acceptors (Lipinski definition) is 1. The third-order valence-corrected chi connectivity index (χ3v) is 2.83. The molecule has 0 spiro atoms. The minimum absolute atomic E-state index is 0.273. The van der Waals surface area contributed by atoms with Crippen molar-refractivity contribution >= 4 is 21.8 Å². The molecule has 1 amide bonds. The van der Waals surface area contributed by atoms with Crippen LogP contribution in [0.3, 0.4) is 0 Å². The lowest BCUT2D eigenvalue weighted by Gasteiger charge is -2.18. The van der Waals surface area contributed by atoms with E-state index < -0.39 is 0 Å². The molecule has 2 nitrogen and oxygen atoms in total. The largest absolute Gasteiger partial charge is 0.346 e. The van der Waals surface area contributed by atoms with E-state index >= 15 is 0 Å². The molecule has 0 bridgehead atoms. The summed E-state index contributed by atoms with van der Waals surface area (Å²) in [4.78, 5) is 13.4. The van der Waals surface area contributed by atoms with Crippen LogP contribution >= 0.6 is 15.9 Å². The number of nitrogens with zero attached hydrogens (tertiary/aromatic N) is 1. The number of alkyl halides is 1. The first kappa shape index (κ1) is 12.9. The molecule has 13 heavy (non-hydrogen) atoms. The van der Waals surface area contributed by atoms with Crippen molar-refractivity contribution in [2.45, 2.75) is 33.1 Å². The molecule has 0 aliphatic carbocycles. The lowest BCUT2D eigenvalue weighted by atomic mass is 10.0. The van der Waals surface area contributed by atoms with E-state index in [1.54, 1.807) is 0 Å². The third-order valence-electron chi connectivity index (χ3n) is 2.27. The van der Waals surface area contributed by atoms with Crippen molar-refractivity contribution in [1.82, 2.24) is 4.90 Å². The van der Waals surface area contributed by atoms with E-state index in [2.05, 4.69) is 29.8 Å². The maximum absolute atomic E-state index is 11.5. The van der Waals surface area contributed by atoms with Gasteiger partial charge < -0.3 is 4.90 Å². The van der Waals surface area contributed by atoms with Gasteiger partial charge >= 0.3 is 0 Å². The maximum atomic E-state index is 11.5. The lowest BCUT2D eigenvalue weighted by Crippen LogP contribution is -2.29. The average Bonchev–Trinajstić information content (AvgIpc) is 2.13. The molecule has 0 aromatic heterocycles. The zero-order valence-corrected chi connectivity index (χ0v) is 10.4. The number of halogens is 1. The first-order valence-electron chi connectivity index (χ1n) is 4.91. The fourth-order valence-corrected chi connectivity index (χ4v) is 1.27. The number of carbonyl (C=O) groups excluding carboxylic acids is 1. The Morgan fingerprint density at radius 1 is 1.54 bits per heavy atom. The molecule has 78 valence electrons. The quantitative estimate of drug-likeness (QED) is 0.664. The van der Waals surface area contributed by atoms with E-state index in [-0.39, 0.29) is 5.91 Å². The zero-order valence-electron chi connectivity index (χ0n) is 8.85. The maximum Gasteiger partial charge on any atom is 0.222 e. The van der Waals surface area contributed by atoms with Gasteiger partial charge in [0.1, 0.15) is 0 Å².